The van der Waals surface area contributed by atoms with Crippen LogP contribution in [0.25, 0.3) is 6.08 Å². The van der Waals surface area contributed by atoms with E-state index in [1.807, 2.05) is 71.6 Å². The van der Waals surface area contributed by atoms with Gasteiger partial charge in [0.1, 0.15) is 23.0 Å². The van der Waals surface area contributed by atoms with E-state index in [0.29, 0.717) is 28.3 Å². The molecule has 1 fully saturated rings. The van der Waals surface area contributed by atoms with Crippen LogP contribution in [0.5, 0.6) is 11.5 Å². The third-order valence-electron chi connectivity index (χ3n) is 8.82. The summed E-state index contributed by atoms with van der Waals surface area (Å²) in [7, 11) is 3.02. The number of para-hydroxylation sites is 2. The average Bonchev–Trinajstić information content (AvgIpc) is 3.52. The van der Waals surface area contributed by atoms with E-state index in [2.05, 4.69) is 5.32 Å². The molecule has 3 aliphatic heterocycles. The molecule has 0 bridgehead atoms. The van der Waals surface area contributed by atoms with Crippen LogP contribution in [-0.2, 0) is 10.2 Å². The predicted octanol–water partition coefficient (Wildman–Crippen LogP) is 5.56. The normalized spacial score (nSPS) is 23.1. The van der Waals surface area contributed by atoms with Crippen LogP contribution in [0.4, 0.5) is 11.4 Å². The largest absolute Gasteiger partial charge is 0.497 e. The van der Waals surface area contributed by atoms with Gasteiger partial charge in [-0.25, -0.2) is 0 Å². The number of methoxy groups -OCH3 is 2. The molecule has 0 unspecified atom stereocenters. The van der Waals surface area contributed by atoms with Crippen LogP contribution in [0.15, 0.2) is 103 Å². The van der Waals surface area contributed by atoms with Gasteiger partial charge in [-0.1, -0.05) is 78.9 Å². The molecule has 7 nitrogen and oxygen atoms in total. The number of hydrogen-bond donors (Lipinski definition) is 1. The first-order valence-corrected chi connectivity index (χ1v) is 13.8. The number of fused-ring (bicyclic) bond motifs is 6. The lowest BCUT2D eigenvalue weighted by molar-refractivity contribution is -0.121. The number of benzene rings is 4. The summed E-state index contributed by atoms with van der Waals surface area (Å²) in [6.07, 6.45) is 3.95. The first kappa shape index (κ1) is 25.8. The van der Waals surface area contributed by atoms with Crippen molar-refractivity contribution in [1.29, 1.82) is 0 Å². The van der Waals surface area contributed by atoms with E-state index in [-0.39, 0.29) is 23.0 Å². The highest BCUT2D eigenvalue weighted by atomic mass is 16.5. The Morgan fingerprint density at radius 2 is 1.57 bits per heavy atom. The SMILES string of the molecule is COc1ccc(OC)c(C(=O)[C@@H]2[C@H](C(=O)c3ccccc3)N3c4ccccc4C=C[C@@H]3[C@@]23C(=O)Nc2ccccc23)c1. The fourth-order valence-electron chi connectivity index (χ4n) is 7.07. The Hall–Kier alpha value is -5.17. The first-order valence-electron chi connectivity index (χ1n) is 13.8. The zero-order valence-corrected chi connectivity index (χ0v) is 23.1. The van der Waals surface area contributed by atoms with Crippen molar-refractivity contribution in [3.8, 4) is 11.5 Å². The second kappa shape index (κ2) is 9.73. The van der Waals surface area contributed by atoms with Crippen molar-refractivity contribution in [3.63, 3.8) is 0 Å². The molecule has 208 valence electrons. The van der Waals surface area contributed by atoms with E-state index >= 15 is 4.79 Å². The second-order valence-electron chi connectivity index (χ2n) is 10.7. The zero-order valence-electron chi connectivity index (χ0n) is 23.1. The van der Waals surface area contributed by atoms with Crippen molar-refractivity contribution >= 4 is 34.9 Å². The number of nitrogens with zero attached hydrogens (tertiary/aromatic N) is 1. The van der Waals surface area contributed by atoms with Gasteiger partial charge in [-0.3, -0.25) is 14.4 Å². The molecule has 42 heavy (non-hydrogen) atoms. The number of Topliss-reactive ketones (excluding diaryl/α,β-unsaturated/α-hetero) is 2. The number of ketones is 2. The first-order chi connectivity index (χ1) is 20.5. The van der Waals surface area contributed by atoms with Gasteiger partial charge in [0.25, 0.3) is 0 Å². The molecule has 1 N–H and O–H groups in total. The summed E-state index contributed by atoms with van der Waals surface area (Å²) in [5.41, 5.74) is 2.35. The summed E-state index contributed by atoms with van der Waals surface area (Å²) in [5, 5.41) is 3.05. The van der Waals surface area contributed by atoms with Gasteiger partial charge in [0.05, 0.1) is 31.7 Å². The van der Waals surface area contributed by atoms with Gasteiger partial charge in [-0.05, 0) is 41.5 Å². The third kappa shape index (κ3) is 3.49. The molecule has 0 radical (unpaired) electrons. The second-order valence-corrected chi connectivity index (χ2v) is 10.7. The van der Waals surface area contributed by atoms with E-state index in [1.165, 1.54) is 14.2 Å². The molecule has 4 aromatic rings. The van der Waals surface area contributed by atoms with Crippen LogP contribution < -0.4 is 19.7 Å². The number of carbonyl (C=O) groups is 3. The standard InChI is InChI=1S/C35H28N2O5/c1-41-23-17-18-28(42-2)24(20-23)33(39)30-31(32(38)22-11-4-3-5-12-22)37-27-15-9-6-10-21(27)16-19-29(37)35(30)25-13-7-8-14-26(25)36-34(35)40/h3-20,29-31H,1-2H3,(H,36,40)/t29-,30+,31-,35-/m1/s1. The van der Waals surface area contributed by atoms with E-state index in [0.717, 1.165) is 11.3 Å². The van der Waals surface area contributed by atoms with Crippen LogP contribution in [0, 0.1) is 5.92 Å². The lowest BCUT2D eigenvalue weighted by atomic mass is 9.64. The summed E-state index contributed by atoms with van der Waals surface area (Å²) in [6, 6.07) is 27.6. The molecule has 1 amide bonds. The molecule has 1 spiro atoms. The third-order valence-corrected chi connectivity index (χ3v) is 8.82. The molecule has 0 saturated carbocycles. The topological polar surface area (TPSA) is 84.9 Å². The quantitative estimate of drug-likeness (QED) is 0.313. The Balaban J connectivity index is 1.55. The Bertz CT molecular complexity index is 1780. The van der Waals surface area contributed by atoms with Crippen LogP contribution in [0.2, 0.25) is 0 Å². The maximum Gasteiger partial charge on any atom is 0.238 e. The van der Waals surface area contributed by atoms with Crippen LogP contribution >= 0.6 is 0 Å². The molecule has 3 heterocycles. The molecule has 0 aromatic heterocycles. The minimum atomic E-state index is -1.40. The number of rotatable bonds is 6. The molecule has 7 rings (SSSR count). The summed E-state index contributed by atoms with van der Waals surface area (Å²) in [5.74, 6) is -1.21. The summed E-state index contributed by atoms with van der Waals surface area (Å²) < 4.78 is 11.1. The van der Waals surface area contributed by atoms with Crippen molar-refractivity contribution in [2.45, 2.75) is 17.5 Å². The highest BCUT2D eigenvalue weighted by Gasteiger charge is 2.70. The highest BCUT2D eigenvalue weighted by Crippen LogP contribution is 2.58. The number of ether oxygens (including phenoxy) is 2. The van der Waals surface area contributed by atoms with Gasteiger partial charge in [-0.2, -0.15) is 0 Å². The van der Waals surface area contributed by atoms with Gasteiger partial charge in [0.2, 0.25) is 5.91 Å². The Kier molecular flexibility index (Phi) is 5.97. The smallest absolute Gasteiger partial charge is 0.238 e. The molecular weight excluding hydrogens is 528 g/mol. The van der Waals surface area contributed by atoms with E-state index in [9.17, 15) is 9.59 Å². The van der Waals surface area contributed by atoms with Gasteiger partial charge in [0.15, 0.2) is 11.6 Å². The lowest BCUT2D eigenvalue weighted by Gasteiger charge is -2.37. The fourth-order valence-corrected chi connectivity index (χ4v) is 7.07. The maximum atomic E-state index is 15.1. The Morgan fingerprint density at radius 1 is 0.833 bits per heavy atom. The number of hydrogen-bond acceptors (Lipinski definition) is 6. The lowest BCUT2D eigenvalue weighted by Crippen LogP contribution is -2.51. The zero-order chi connectivity index (χ0) is 29.0. The molecular formula is C35H28N2O5. The molecule has 4 aromatic carbocycles. The van der Waals surface area contributed by atoms with E-state index in [4.69, 9.17) is 9.47 Å². The average molecular weight is 557 g/mol. The van der Waals surface area contributed by atoms with Crippen molar-refractivity contribution in [2.75, 3.05) is 24.4 Å². The van der Waals surface area contributed by atoms with Crippen molar-refractivity contribution < 1.29 is 23.9 Å². The fraction of sp³-hybridized carbons (Fsp3) is 0.171. The molecule has 0 aliphatic carbocycles. The summed E-state index contributed by atoms with van der Waals surface area (Å²) in [6.45, 7) is 0. The summed E-state index contributed by atoms with van der Waals surface area (Å²) in [4.78, 5) is 46.2. The number of amides is 1. The van der Waals surface area contributed by atoms with Crippen molar-refractivity contribution in [3.05, 3.63) is 125 Å². The van der Waals surface area contributed by atoms with Crippen LogP contribution in [0.3, 0.4) is 0 Å². The summed E-state index contributed by atoms with van der Waals surface area (Å²) >= 11 is 0. The highest BCUT2D eigenvalue weighted by molar-refractivity contribution is 6.19. The molecule has 7 heteroatoms. The Labute approximate surface area is 243 Å². The predicted molar refractivity (Wildman–Crippen MR) is 160 cm³/mol. The van der Waals surface area contributed by atoms with E-state index < -0.39 is 23.4 Å². The van der Waals surface area contributed by atoms with Crippen LogP contribution in [-0.4, -0.2) is 43.8 Å². The maximum absolute atomic E-state index is 15.1. The molecule has 1 saturated heterocycles. The van der Waals surface area contributed by atoms with Crippen molar-refractivity contribution in [2.24, 2.45) is 5.92 Å². The molecule has 3 aliphatic rings. The van der Waals surface area contributed by atoms with Gasteiger partial charge >= 0.3 is 0 Å². The Morgan fingerprint density at radius 3 is 2.36 bits per heavy atom. The number of anilines is 2. The minimum absolute atomic E-state index is 0.236. The van der Waals surface area contributed by atoms with E-state index in [1.54, 1.807) is 42.5 Å². The molecule has 4 atom stereocenters. The van der Waals surface area contributed by atoms with Crippen LogP contribution in [0.1, 0.15) is 31.8 Å². The van der Waals surface area contributed by atoms with Crippen molar-refractivity contribution in [1.82, 2.24) is 0 Å². The van der Waals surface area contributed by atoms with Gasteiger partial charge in [0, 0.05) is 16.9 Å². The monoisotopic (exact) mass is 556 g/mol. The van der Waals surface area contributed by atoms with Gasteiger partial charge < -0.3 is 19.7 Å². The number of nitrogens with one attached hydrogen (secondary N) is 1. The van der Waals surface area contributed by atoms with Gasteiger partial charge in [-0.15, -0.1) is 0 Å². The number of carbonyl (C=O) groups excluding carboxylic acids is 3. The minimum Gasteiger partial charge on any atom is -0.497 e.